The third-order valence-electron chi connectivity index (χ3n) is 3.17. The van der Waals surface area contributed by atoms with E-state index in [1.54, 1.807) is 24.3 Å². The number of hydrogen-bond acceptors (Lipinski definition) is 5. The summed E-state index contributed by atoms with van der Waals surface area (Å²) in [6.45, 7) is 3.70. The maximum atomic E-state index is 12.6. The Bertz CT molecular complexity index is 961. The van der Waals surface area contributed by atoms with E-state index in [4.69, 9.17) is 16.6 Å². The summed E-state index contributed by atoms with van der Waals surface area (Å²) in [5.41, 5.74) is 0.478. The summed E-state index contributed by atoms with van der Waals surface area (Å²) in [6, 6.07) is 12.5. The first-order valence-corrected chi connectivity index (χ1v) is 7.38. The second kappa shape index (κ2) is 5.79. The van der Waals surface area contributed by atoms with Crippen LogP contribution in [0.1, 0.15) is 5.56 Å². The van der Waals surface area contributed by atoms with E-state index in [-0.39, 0.29) is 11.2 Å². The highest BCUT2D eigenvalue weighted by molar-refractivity contribution is 7.24. The van der Waals surface area contributed by atoms with Crippen LogP contribution in [0, 0.1) is 0 Å². The minimum Gasteiger partial charge on any atom is -0.394 e. The van der Waals surface area contributed by atoms with Crippen molar-refractivity contribution in [3.05, 3.63) is 64.8 Å². The van der Waals surface area contributed by atoms with E-state index < -0.39 is 6.16 Å². The van der Waals surface area contributed by atoms with E-state index in [9.17, 15) is 9.59 Å². The molecule has 0 aliphatic carbocycles. The van der Waals surface area contributed by atoms with Gasteiger partial charge in [0.2, 0.25) is 0 Å². The number of benzene rings is 2. The van der Waals surface area contributed by atoms with Crippen LogP contribution in [0.3, 0.4) is 0 Å². The Morgan fingerprint density at radius 2 is 1.82 bits per heavy atom. The second-order valence-electron chi connectivity index (χ2n) is 4.46. The van der Waals surface area contributed by atoms with E-state index in [0.29, 0.717) is 21.0 Å². The zero-order valence-electron chi connectivity index (χ0n) is 11.2. The fourth-order valence-corrected chi connectivity index (χ4v) is 3.45. The number of carbonyl (C=O) groups excluding carboxylic acids is 1. The minimum atomic E-state index is -1.07. The van der Waals surface area contributed by atoms with Crippen molar-refractivity contribution in [1.82, 2.24) is 0 Å². The molecule has 0 amide bonds. The molecule has 6 heteroatoms. The van der Waals surface area contributed by atoms with Gasteiger partial charge in [-0.3, -0.25) is 4.79 Å². The predicted molar refractivity (Wildman–Crippen MR) is 88.1 cm³/mol. The zero-order chi connectivity index (χ0) is 15.7. The van der Waals surface area contributed by atoms with Crippen LogP contribution in [-0.4, -0.2) is 6.16 Å². The lowest BCUT2D eigenvalue weighted by Crippen LogP contribution is -2.04. The summed E-state index contributed by atoms with van der Waals surface area (Å²) in [7, 11) is 0. The highest BCUT2D eigenvalue weighted by Crippen LogP contribution is 2.31. The molecular formula is C16H9ClO4S. The summed E-state index contributed by atoms with van der Waals surface area (Å²) in [4.78, 5) is 23.7. The predicted octanol–water partition coefficient (Wildman–Crippen LogP) is 4.69. The number of fused-ring (bicyclic) bond motifs is 2. The molecule has 0 N–H and O–H groups in total. The Hall–Kier alpha value is -2.37. The highest BCUT2D eigenvalue weighted by atomic mass is 35.5. The van der Waals surface area contributed by atoms with E-state index in [2.05, 4.69) is 10.9 Å². The Labute approximate surface area is 134 Å². The summed E-state index contributed by atoms with van der Waals surface area (Å²) in [5.74, 6) is 0.0715. The maximum absolute atomic E-state index is 12.6. The average molecular weight is 333 g/mol. The van der Waals surface area contributed by atoms with Gasteiger partial charge in [-0.15, -0.1) is 11.3 Å². The molecule has 110 valence electrons. The van der Waals surface area contributed by atoms with E-state index in [1.165, 1.54) is 11.3 Å². The molecule has 0 aliphatic rings. The summed E-state index contributed by atoms with van der Waals surface area (Å²) in [6.07, 6.45) is -1.07. The van der Waals surface area contributed by atoms with Crippen LogP contribution in [0.2, 0.25) is 0 Å². The van der Waals surface area contributed by atoms with E-state index >= 15 is 0 Å². The van der Waals surface area contributed by atoms with Crippen molar-refractivity contribution in [2.75, 3.05) is 0 Å². The number of ether oxygens (including phenoxy) is 1. The molecular weight excluding hydrogens is 324 g/mol. The molecule has 0 unspecified atom stereocenters. The molecule has 22 heavy (non-hydrogen) atoms. The van der Waals surface area contributed by atoms with E-state index in [1.807, 2.05) is 18.2 Å². The molecule has 0 fully saturated rings. The van der Waals surface area contributed by atoms with Crippen molar-refractivity contribution in [2.45, 2.75) is 0 Å². The van der Waals surface area contributed by atoms with Crippen molar-refractivity contribution in [3.63, 3.8) is 0 Å². The topological polar surface area (TPSA) is 52.6 Å². The van der Waals surface area contributed by atoms with Crippen molar-refractivity contribution < 1.29 is 13.8 Å². The standard InChI is InChI=1S/C16H9ClO4S/c1-9(20-16(19)21-17)10-6-4-7-12-14(18)11-5-2-3-8-13(11)22-15(10)12/h2-8H,1H2. The highest BCUT2D eigenvalue weighted by Gasteiger charge is 2.14. The molecule has 2 aromatic carbocycles. The van der Waals surface area contributed by atoms with Gasteiger partial charge in [0.1, 0.15) is 17.6 Å². The Kier molecular flexibility index (Phi) is 3.83. The normalized spacial score (nSPS) is 10.6. The number of carbonyl (C=O) groups is 1. The van der Waals surface area contributed by atoms with Crippen molar-refractivity contribution in [3.8, 4) is 0 Å². The molecule has 0 atom stereocenters. The Morgan fingerprint density at radius 3 is 2.59 bits per heavy atom. The average Bonchev–Trinajstić information content (AvgIpc) is 2.54. The van der Waals surface area contributed by atoms with Gasteiger partial charge in [-0.1, -0.05) is 24.8 Å². The molecule has 0 aliphatic heterocycles. The Balaban J connectivity index is 2.26. The summed E-state index contributed by atoms with van der Waals surface area (Å²) < 4.78 is 10.3. The molecule has 1 heterocycles. The first kappa shape index (κ1) is 14.6. The van der Waals surface area contributed by atoms with Gasteiger partial charge < -0.3 is 9.03 Å². The lowest BCUT2D eigenvalue weighted by atomic mass is 10.1. The molecule has 4 nitrogen and oxygen atoms in total. The smallest absolute Gasteiger partial charge is 0.394 e. The second-order valence-corrected chi connectivity index (χ2v) is 5.67. The van der Waals surface area contributed by atoms with Gasteiger partial charge in [-0.25, -0.2) is 4.79 Å². The third kappa shape index (κ3) is 2.45. The number of halogens is 1. The van der Waals surface area contributed by atoms with Crippen LogP contribution in [0.15, 0.2) is 53.8 Å². The van der Waals surface area contributed by atoms with Crippen LogP contribution in [0.4, 0.5) is 4.79 Å². The minimum absolute atomic E-state index is 0.0704. The SMILES string of the molecule is C=C(OC(=O)OCl)c1cccc2c(=O)c3ccccc3sc12. The van der Waals surface area contributed by atoms with Gasteiger partial charge in [0, 0.05) is 25.7 Å². The van der Waals surface area contributed by atoms with Crippen molar-refractivity contribution in [2.24, 2.45) is 0 Å². The van der Waals surface area contributed by atoms with Gasteiger partial charge in [-0.05, 0) is 24.3 Å². The fraction of sp³-hybridized carbons (Fsp3) is 0. The molecule has 0 radical (unpaired) electrons. The van der Waals surface area contributed by atoms with Gasteiger partial charge in [0.15, 0.2) is 5.43 Å². The Morgan fingerprint density at radius 1 is 1.09 bits per heavy atom. The molecule has 3 aromatic rings. The van der Waals surface area contributed by atoms with Crippen LogP contribution in [0.5, 0.6) is 0 Å². The van der Waals surface area contributed by atoms with Gasteiger partial charge in [0.25, 0.3) is 0 Å². The summed E-state index contributed by atoms with van der Waals surface area (Å²) >= 11 is 6.37. The van der Waals surface area contributed by atoms with Gasteiger partial charge in [-0.2, -0.15) is 0 Å². The van der Waals surface area contributed by atoms with Crippen molar-refractivity contribution in [1.29, 1.82) is 0 Å². The first-order chi connectivity index (χ1) is 10.6. The lowest BCUT2D eigenvalue weighted by molar-refractivity contribution is 0.147. The largest absolute Gasteiger partial charge is 0.532 e. The van der Waals surface area contributed by atoms with Crippen LogP contribution in [-0.2, 0) is 9.03 Å². The van der Waals surface area contributed by atoms with Crippen LogP contribution < -0.4 is 5.43 Å². The number of rotatable bonds is 2. The third-order valence-corrected chi connectivity index (χ3v) is 4.52. The van der Waals surface area contributed by atoms with Gasteiger partial charge in [0.05, 0.1) is 0 Å². The lowest BCUT2D eigenvalue weighted by Gasteiger charge is -2.09. The zero-order valence-corrected chi connectivity index (χ0v) is 12.7. The van der Waals surface area contributed by atoms with Gasteiger partial charge >= 0.3 is 6.16 Å². The quantitative estimate of drug-likeness (QED) is 0.388. The molecule has 0 saturated heterocycles. The van der Waals surface area contributed by atoms with E-state index in [0.717, 1.165) is 4.70 Å². The fourth-order valence-electron chi connectivity index (χ4n) is 2.21. The number of hydrogen-bond donors (Lipinski definition) is 0. The van der Waals surface area contributed by atoms with Crippen LogP contribution >= 0.6 is 23.2 Å². The molecule has 3 rings (SSSR count). The molecule has 1 aromatic heterocycles. The summed E-state index contributed by atoms with van der Waals surface area (Å²) in [5, 5.41) is 1.20. The van der Waals surface area contributed by atoms with Crippen LogP contribution in [0.25, 0.3) is 25.9 Å². The monoisotopic (exact) mass is 332 g/mol. The maximum Gasteiger partial charge on any atom is 0.532 e. The molecule has 0 saturated carbocycles. The first-order valence-electron chi connectivity index (χ1n) is 6.26. The molecule has 0 bridgehead atoms. The molecule has 0 spiro atoms. The van der Waals surface area contributed by atoms with Crippen molar-refractivity contribution >= 4 is 55.3 Å².